The molecule has 58 heavy (non-hydrogen) atoms. The fourth-order valence-corrected chi connectivity index (χ4v) is 8.89. The highest BCUT2D eigenvalue weighted by Crippen LogP contribution is 2.46. The molecule has 2 aromatic heterocycles. The van der Waals surface area contributed by atoms with Gasteiger partial charge in [-0.2, -0.15) is 0 Å². The smallest absolute Gasteiger partial charge is 0.413 e. The quantitative estimate of drug-likeness (QED) is 0.127. The Labute approximate surface area is 341 Å². The van der Waals surface area contributed by atoms with Crippen molar-refractivity contribution in [1.82, 2.24) is 25.5 Å². The number of benzene rings is 1. The third kappa shape index (κ3) is 9.22. The van der Waals surface area contributed by atoms with E-state index >= 15 is 0 Å². The van der Waals surface area contributed by atoms with E-state index < -0.39 is 53.7 Å². The summed E-state index contributed by atoms with van der Waals surface area (Å²) in [6, 6.07) is 5.55. The van der Waals surface area contributed by atoms with Crippen LogP contribution in [0.2, 0.25) is 0 Å². The first-order valence-corrected chi connectivity index (χ1v) is 21.2. The van der Waals surface area contributed by atoms with Crippen LogP contribution in [0, 0.1) is 12.8 Å². The van der Waals surface area contributed by atoms with Crippen molar-refractivity contribution in [2.75, 3.05) is 19.0 Å². The van der Waals surface area contributed by atoms with Crippen LogP contribution in [-0.4, -0.2) is 94.4 Å². The Hall–Kier alpha value is -5.25. The van der Waals surface area contributed by atoms with Gasteiger partial charge in [0, 0.05) is 29.2 Å². The van der Waals surface area contributed by atoms with E-state index in [1.165, 1.54) is 23.3 Å². The zero-order chi connectivity index (χ0) is 41.0. The normalized spacial score (nSPS) is 25.8. The van der Waals surface area contributed by atoms with E-state index in [2.05, 4.69) is 20.9 Å². The van der Waals surface area contributed by atoms with Crippen LogP contribution in [0.15, 0.2) is 41.8 Å². The molecule has 3 aromatic rings. The van der Waals surface area contributed by atoms with Crippen molar-refractivity contribution < 1.29 is 42.9 Å². The van der Waals surface area contributed by atoms with Gasteiger partial charge >= 0.3 is 18.2 Å². The van der Waals surface area contributed by atoms with Gasteiger partial charge in [0.2, 0.25) is 11.8 Å². The Morgan fingerprint density at radius 1 is 1.00 bits per heavy atom. The highest BCUT2D eigenvalue weighted by molar-refractivity contribution is 7.14. The number of ether oxygens (including phenoxy) is 4. The number of allylic oxidation sites excluding steroid dienone is 1. The molecule has 1 aromatic carbocycles. The van der Waals surface area contributed by atoms with Gasteiger partial charge in [0.1, 0.15) is 41.3 Å². The van der Waals surface area contributed by atoms with Crippen LogP contribution in [0.4, 0.5) is 14.7 Å². The van der Waals surface area contributed by atoms with E-state index in [-0.39, 0.29) is 31.1 Å². The third-order valence-corrected chi connectivity index (χ3v) is 12.0. The number of aromatic nitrogens is 2. The number of hydrogen-bond acceptors (Lipinski definition) is 12. The molecule has 3 N–H and O–H groups in total. The highest BCUT2D eigenvalue weighted by Gasteiger charge is 2.62. The molecule has 1 saturated heterocycles. The minimum absolute atomic E-state index is 0.0367. The summed E-state index contributed by atoms with van der Waals surface area (Å²) < 4.78 is 22.8. The Morgan fingerprint density at radius 3 is 2.57 bits per heavy atom. The van der Waals surface area contributed by atoms with Gasteiger partial charge in [0.05, 0.1) is 31.0 Å². The zero-order valence-corrected chi connectivity index (χ0v) is 34.2. The molecule has 1 unspecified atom stereocenters. The summed E-state index contributed by atoms with van der Waals surface area (Å²) in [5.41, 5.74) is 1.34. The number of amides is 4. The first-order chi connectivity index (χ1) is 27.9. The summed E-state index contributed by atoms with van der Waals surface area (Å²) in [4.78, 5) is 78.6. The molecule has 16 heteroatoms. The number of alkyl carbamates (subject to hydrolysis) is 1. The summed E-state index contributed by atoms with van der Waals surface area (Å²) in [7, 11) is 1.30. The summed E-state index contributed by atoms with van der Waals surface area (Å²) >= 11 is 1.23. The number of methoxy groups -OCH3 is 1. The van der Waals surface area contributed by atoms with Gasteiger partial charge < -0.3 is 34.5 Å². The lowest BCUT2D eigenvalue weighted by molar-refractivity contribution is -0.148. The van der Waals surface area contributed by atoms with E-state index in [0.717, 1.165) is 55.9 Å². The molecule has 2 saturated carbocycles. The van der Waals surface area contributed by atoms with E-state index in [0.29, 0.717) is 47.0 Å². The SMILES string of the molecule is COC(=O)[C@@]12CC1/C=C\CCCCC[C@H](NC(=O)OC1CCCC1)C(=O)N1C[C@H](Oc3cc(-c4csc(NC(=O)OC(C)C)n4)nc4c(C)cccc34)C[C@H]1C(=O)N2. The Morgan fingerprint density at radius 2 is 1.79 bits per heavy atom. The molecule has 2 aliphatic heterocycles. The first-order valence-electron chi connectivity index (χ1n) is 20.3. The number of nitrogens with one attached hydrogen (secondary N) is 3. The minimum atomic E-state index is -1.24. The zero-order valence-electron chi connectivity index (χ0n) is 33.4. The van der Waals surface area contributed by atoms with Crippen molar-refractivity contribution >= 4 is 57.3 Å². The highest BCUT2D eigenvalue weighted by atomic mass is 32.1. The molecule has 0 spiro atoms. The maximum Gasteiger partial charge on any atom is 0.413 e. The maximum absolute atomic E-state index is 14.6. The molecule has 0 bridgehead atoms. The number of carbonyl (C=O) groups is 5. The van der Waals surface area contributed by atoms with Crippen LogP contribution in [0.3, 0.4) is 0 Å². The molecule has 3 fully saturated rings. The van der Waals surface area contributed by atoms with Crippen molar-refractivity contribution in [3.63, 3.8) is 0 Å². The maximum atomic E-state index is 14.6. The van der Waals surface area contributed by atoms with E-state index in [1.54, 1.807) is 25.3 Å². The third-order valence-electron chi connectivity index (χ3n) is 11.3. The van der Waals surface area contributed by atoms with Gasteiger partial charge in [-0.05, 0) is 83.8 Å². The summed E-state index contributed by atoms with van der Waals surface area (Å²) in [6.07, 6.45) is 9.14. The van der Waals surface area contributed by atoms with E-state index in [9.17, 15) is 24.0 Å². The number of hydrogen-bond donors (Lipinski definition) is 3. The van der Waals surface area contributed by atoms with Crippen molar-refractivity contribution in [3.8, 4) is 17.1 Å². The van der Waals surface area contributed by atoms with Gasteiger partial charge in [0.25, 0.3) is 0 Å². The molecular weight excluding hydrogens is 765 g/mol. The summed E-state index contributed by atoms with van der Waals surface area (Å²) in [6.45, 7) is 5.49. The number of rotatable bonds is 8. The van der Waals surface area contributed by atoms with Crippen LogP contribution in [0.1, 0.15) is 90.0 Å². The fourth-order valence-electron chi connectivity index (χ4n) is 8.20. The lowest BCUT2D eigenvalue weighted by atomic mass is 10.0. The second kappa shape index (κ2) is 17.7. The molecule has 4 amide bonds. The minimum Gasteiger partial charge on any atom is -0.488 e. The average Bonchev–Trinajstić information content (AvgIpc) is 3.63. The van der Waals surface area contributed by atoms with Crippen LogP contribution in [0.25, 0.3) is 22.3 Å². The molecule has 4 heterocycles. The van der Waals surface area contributed by atoms with Gasteiger partial charge in [-0.15, -0.1) is 11.3 Å². The Kier molecular flexibility index (Phi) is 12.5. The van der Waals surface area contributed by atoms with Crippen molar-refractivity contribution in [2.24, 2.45) is 5.92 Å². The van der Waals surface area contributed by atoms with E-state index in [4.69, 9.17) is 23.9 Å². The number of carbonyl (C=O) groups excluding carboxylic acids is 5. The number of anilines is 1. The van der Waals surface area contributed by atoms with Crippen LogP contribution in [-0.2, 0) is 28.6 Å². The second-order valence-electron chi connectivity index (χ2n) is 15.9. The summed E-state index contributed by atoms with van der Waals surface area (Å²) in [5, 5.41) is 11.3. The average molecular weight is 817 g/mol. The number of thiazole rings is 1. The Bertz CT molecular complexity index is 2060. The van der Waals surface area contributed by atoms with Gasteiger partial charge in [-0.3, -0.25) is 14.9 Å². The van der Waals surface area contributed by atoms with Gasteiger partial charge in [0.15, 0.2) is 5.13 Å². The number of esters is 1. The molecule has 5 atom stereocenters. The van der Waals surface area contributed by atoms with E-state index in [1.807, 2.05) is 37.3 Å². The largest absolute Gasteiger partial charge is 0.488 e. The molecule has 310 valence electrons. The number of aryl methyl sites for hydroxylation is 1. The van der Waals surface area contributed by atoms with Crippen molar-refractivity contribution in [1.29, 1.82) is 0 Å². The predicted octanol–water partition coefficient (Wildman–Crippen LogP) is 6.58. The molecule has 4 aliphatic rings. The number of nitrogens with zero attached hydrogens (tertiary/aromatic N) is 3. The van der Waals surface area contributed by atoms with Crippen LogP contribution in [0.5, 0.6) is 5.75 Å². The van der Waals surface area contributed by atoms with Crippen molar-refractivity contribution in [3.05, 3.63) is 47.4 Å². The second-order valence-corrected chi connectivity index (χ2v) is 16.8. The molecule has 15 nitrogen and oxygen atoms in total. The molecule has 2 aliphatic carbocycles. The van der Waals surface area contributed by atoms with Crippen LogP contribution >= 0.6 is 11.3 Å². The number of pyridine rings is 1. The monoisotopic (exact) mass is 816 g/mol. The topological polar surface area (TPSA) is 187 Å². The molecule has 0 radical (unpaired) electrons. The molecule has 7 rings (SSSR count). The summed E-state index contributed by atoms with van der Waals surface area (Å²) in [5.74, 6) is -1.23. The van der Waals surface area contributed by atoms with Crippen LogP contribution < -0.4 is 20.7 Å². The Balaban J connectivity index is 1.19. The fraction of sp³-hybridized carbons (Fsp3) is 0.548. The first kappa shape index (κ1) is 40.9. The standard InChI is InChI=1S/C42H52N6O9S/c1-24(2)55-41(53)46-39-44-32(23-58-39)31-20-34(29-17-12-13-25(3)35(29)43-31)56-28-19-33-36(49)47-42(38(51)54-4)21-26(42)14-8-6-5-7-9-18-30(37(50)48(33)22-28)45-40(52)57-27-15-10-11-16-27/h8,12-14,17,20,23-24,26-28,30,33H,5-7,9-11,15-16,18-19,21-22H2,1-4H3,(H,45,52)(H,47,49)(H,44,46,53)/b14-8-/t26?,28-,30+,33+,42-/m1/s1. The van der Waals surface area contributed by atoms with Gasteiger partial charge in [-0.1, -0.05) is 37.1 Å². The molecular formula is C42H52N6O9S. The number of fused-ring (bicyclic) bond motifs is 3. The van der Waals surface area contributed by atoms with Gasteiger partial charge in [-0.25, -0.2) is 24.4 Å². The number of para-hydroxylation sites is 1. The lowest BCUT2D eigenvalue weighted by Gasteiger charge is -2.29. The van der Waals surface area contributed by atoms with Crippen molar-refractivity contribution in [2.45, 2.75) is 127 Å². The predicted molar refractivity (Wildman–Crippen MR) is 216 cm³/mol. The lowest BCUT2D eigenvalue weighted by Crippen LogP contribution is -2.56.